The monoisotopic (exact) mass is 251 g/mol. The lowest BCUT2D eigenvalue weighted by Gasteiger charge is -2.14. The third-order valence-electron chi connectivity index (χ3n) is 3.25. The van der Waals surface area contributed by atoms with Crippen LogP contribution in [0.3, 0.4) is 0 Å². The average Bonchev–Trinajstić information content (AvgIpc) is 2.95. The van der Waals surface area contributed by atoms with E-state index in [-0.39, 0.29) is 0 Å². The second-order valence-electron chi connectivity index (χ2n) is 4.44. The standard InChI is InChI=1S/C17H15P/c1-3-9-15(10-4-1)18(17-13-7-8-14-17)16-11-5-2-6-12-16/h1-14,17H/p+1. The van der Waals surface area contributed by atoms with Gasteiger partial charge in [-0.25, -0.2) is 0 Å². The van der Waals surface area contributed by atoms with Gasteiger partial charge in [-0.1, -0.05) is 48.6 Å². The van der Waals surface area contributed by atoms with Crippen molar-refractivity contribution in [3.05, 3.63) is 85.0 Å². The Morgan fingerprint density at radius 2 is 1.06 bits per heavy atom. The Morgan fingerprint density at radius 1 is 0.611 bits per heavy atom. The van der Waals surface area contributed by atoms with Crippen LogP contribution in [-0.2, 0) is 0 Å². The lowest BCUT2D eigenvalue weighted by Crippen LogP contribution is -2.18. The van der Waals surface area contributed by atoms with Crippen molar-refractivity contribution >= 4 is 18.5 Å². The second kappa shape index (κ2) is 5.33. The van der Waals surface area contributed by atoms with E-state index < -0.39 is 7.92 Å². The summed E-state index contributed by atoms with van der Waals surface area (Å²) in [4.78, 5) is 0. The van der Waals surface area contributed by atoms with Gasteiger partial charge in [0.05, 0.1) is 18.5 Å². The van der Waals surface area contributed by atoms with Crippen LogP contribution in [0.15, 0.2) is 85.0 Å². The van der Waals surface area contributed by atoms with Gasteiger partial charge in [-0.3, -0.25) is 0 Å². The second-order valence-corrected chi connectivity index (χ2v) is 7.09. The maximum Gasteiger partial charge on any atom is 0.113 e. The minimum atomic E-state index is -0.751. The summed E-state index contributed by atoms with van der Waals surface area (Å²) in [6.45, 7) is 0. The van der Waals surface area contributed by atoms with Crippen molar-refractivity contribution in [1.82, 2.24) is 0 Å². The van der Waals surface area contributed by atoms with Crippen LogP contribution in [0, 0.1) is 0 Å². The predicted octanol–water partition coefficient (Wildman–Crippen LogP) is 3.35. The van der Waals surface area contributed by atoms with Gasteiger partial charge in [0.15, 0.2) is 0 Å². The molecule has 88 valence electrons. The molecule has 0 aliphatic heterocycles. The van der Waals surface area contributed by atoms with Crippen molar-refractivity contribution in [3.63, 3.8) is 0 Å². The van der Waals surface area contributed by atoms with Crippen molar-refractivity contribution < 1.29 is 0 Å². The van der Waals surface area contributed by atoms with Crippen LogP contribution in [0.25, 0.3) is 0 Å². The molecule has 0 spiro atoms. The van der Waals surface area contributed by atoms with Crippen LogP contribution in [0.1, 0.15) is 0 Å². The third kappa shape index (κ3) is 2.30. The molecule has 0 aromatic heterocycles. The van der Waals surface area contributed by atoms with Gasteiger partial charge in [0.25, 0.3) is 0 Å². The van der Waals surface area contributed by atoms with Gasteiger partial charge in [-0.2, -0.15) is 0 Å². The molecule has 0 atom stereocenters. The molecular formula is C17H16P+. The molecule has 0 radical (unpaired) electrons. The first-order chi connectivity index (χ1) is 8.95. The van der Waals surface area contributed by atoms with Gasteiger partial charge in [-0.15, -0.1) is 0 Å². The molecule has 2 aromatic carbocycles. The van der Waals surface area contributed by atoms with Gasteiger partial charge >= 0.3 is 0 Å². The quantitative estimate of drug-likeness (QED) is 0.734. The van der Waals surface area contributed by atoms with Crippen molar-refractivity contribution in [1.29, 1.82) is 0 Å². The highest BCUT2D eigenvalue weighted by Crippen LogP contribution is 2.42. The molecule has 2 aromatic rings. The van der Waals surface area contributed by atoms with E-state index in [0.717, 1.165) is 0 Å². The first kappa shape index (κ1) is 11.4. The van der Waals surface area contributed by atoms with E-state index in [9.17, 15) is 0 Å². The predicted molar refractivity (Wildman–Crippen MR) is 82.5 cm³/mol. The van der Waals surface area contributed by atoms with E-state index in [0.29, 0.717) is 5.66 Å². The zero-order chi connectivity index (χ0) is 12.2. The summed E-state index contributed by atoms with van der Waals surface area (Å²) in [7, 11) is -0.751. The lowest BCUT2D eigenvalue weighted by molar-refractivity contribution is 1.45. The number of hydrogen-bond donors (Lipinski definition) is 0. The highest BCUT2D eigenvalue weighted by molar-refractivity contribution is 7.74. The lowest BCUT2D eigenvalue weighted by atomic mass is 10.4. The van der Waals surface area contributed by atoms with Crippen LogP contribution in [0.5, 0.6) is 0 Å². The summed E-state index contributed by atoms with van der Waals surface area (Å²) in [5.41, 5.74) is 0.569. The highest BCUT2D eigenvalue weighted by atomic mass is 31.1. The molecule has 0 bridgehead atoms. The zero-order valence-corrected chi connectivity index (χ0v) is 11.2. The summed E-state index contributed by atoms with van der Waals surface area (Å²) in [5, 5.41) is 2.96. The van der Waals surface area contributed by atoms with Gasteiger partial charge in [0.2, 0.25) is 0 Å². The Hall–Kier alpha value is -1.65. The molecule has 0 N–H and O–H groups in total. The maximum atomic E-state index is 2.33. The van der Waals surface area contributed by atoms with E-state index in [1.165, 1.54) is 10.6 Å². The molecule has 18 heavy (non-hydrogen) atoms. The Labute approximate surface area is 109 Å². The Morgan fingerprint density at radius 3 is 1.50 bits per heavy atom. The van der Waals surface area contributed by atoms with E-state index in [1.807, 2.05) is 0 Å². The van der Waals surface area contributed by atoms with Crippen LogP contribution >= 0.6 is 7.92 Å². The Balaban J connectivity index is 2.04. The SMILES string of the molecule is C1=CC([PH+](c2ccccc2)c2ccccc2)C=C1. The number of benzene rings is 2. The molecule has 0 fully saturated rings. The molecule has 0 unspecified atom stereocenters. The van der Waals surface area contributed by atoms with Gasteiger partial charge in [0, 0.05) is 0 Å². The van der Waals surface area contributed by atoms with E-state index >= 15 is 0 Å². The fourth-order valence-electron chi connectivity index (χ4n) is 2.41. The molecule has 1 aliphatic rings. The molecule has 3 rings (SSSR count). The molecule has 0 saturated carbocycles. The van der Waals surface area contributed by atoms with E-state index in [4.69, 9.17) is 0 Å². The van der Waals surface area contributed by atoms with Gasteiger partial charge in [0.1, 0.15) is 5.66 Å². The summed E-state index contributed by atoms with van der Waals surface area (Å²) < 4.78 is 0. The topological polar surface area (TPSA) is 0 Å². The molecule has 1 heteroatoms. The molecular weight excluding hydrogens is 235 g/mol. The summed E-state index contributed by atoms with van der Waals surface area (Å²) >= 11 is 0. The maximum absolute atomic E-state index is 2.33. The molecule has 0 heterocycles. The zero-order valence-electron chi connectivity index (χ0n) is 10.2. The molecule has 0 saturated heterocycles. The van der Waals surface area contributed by atoms with Crippen molar-refractivity contribution in [3.8, 4) is 0 Å². The van der Waals surface area contributed by atoms with Gasteiger partial charge < -0.3 is 0 Å². The number of allylic oxidation sites excluding steroid dienone is 4. The van der Waals surface area contributed by atoms with Crippen molar-refractivity contribution in [2.45, 2.75) is 5.66 Å². The number of hydrogen-bond acceptors (Lipinski definition) is 0. The fourth-order valence-corrected chi connectivity index (χ4v) is 5.22. The normalized spacial score (nSPS) is 14.5. The van der Waals surface area contributed by atoms with Crippen LogP contribution in [0.2, 0.25) is 0 Å². The molecule has 1 aliphatic carbocycles. The Bertz CT molecular complexity index is 503. The molecule has 0 amide bonds. The van der Waals surface area contributed by atoms with Gasteiger partial charge in [-0.05, 0) is 36.4 Å². The van der Waals surface area contributed by atoms with E-state index in [2.05, 4.69) is 85.0 Å². The minimum Gasteiger partial charge on any atom is -0.0622 e. The van der Waals surface area contributed by atoms with E-state index in [1.54, 1.807) is 0 Å². The average molecular weight is 251 g/mol. The number of rotatable bonds is 3. The smallest absolute Gasteiger partial charge is 0.0622 e. The minimum absolute atomic E-state index is 0.569. The largest absolute Gasteiger partial charge is 0.113 e. The van der Waals surface area contributed by atoms with Crippen LogP contribution in [0.4, 0.5) is 0 Å². The van der Waals surface area contributed by atoms with Crippen molar-refractivity contribution in [2.24, 2.45) is 0 Å². The summed E-state index contributed by atoms with van der Waals surface area (Å²) in [5.74, 6) is 0. The summed E-state index contributed by atoms with van der Waals surface area (Å²) in [6, 6.07) is 21.8. The fraction of sp³-hybridized carbons (Fsp3) is 0.0588. The van der Waals surface area contributed by atoms with Crippen LogP contribution in [-0.4, -0.2) is 5.66 Å². The van der Waals surface area contributed by atoms with Crippen LogP contribution < -0.4 is 10.6 Å². The third-order valence-corrected chi connectivity index (χ3v) is 6.21. The molecule has 0 nitrogen and oxygen atoms in total. The Kier molecular flexibility index (Phi) is 3.39. The highest BCUT2D eigenvalue weighted by Gasteiger charge is 2.29. The first-order valence-electron chi connectivity index (χ1n) is 6.28. The first-order valence-corrected chi connectivity index (χ1v) is 7.85. The summed E-state index contributed by atoms with van der Waals surface area (Å²) in [6.07, 6.45) is 8.99. The van der Waals surface area contributed by atoms with Crippen molar-refractivity contribution in [2.75, 3.05) is 0 Å².